The maximum Gasteiger partial charge on any atom is 0.327 e. The van der Waals surface area contributed by atoms with Crippen LogP contribution in [0.15, 0.2) is 72.9 Å². The number of carboxylic acid groups (broad SMARTS) is 1. The van der Waals surface area contributed by atoms with Crippen LogP contribution in [0.2, 0.25) is 0 Å². The average Bonchev–Trinajstić information content (AvgIpc) is 2.72. The number of nitrogens with zero attached hydrogens (tertiary/aromatic N) is 1. The number of thiol groups is 1. The maximum absolute atomic E-state index is 13.3. The topological polar surface area (TPSA) is 79.3 Å². The zero-order valence-electron chi connectivity index (χ0n) is 14.4. The fraction of sp³-hybridized carbons (Fsp3) is 0.0952. The van der Waals surface area contributed by atoms with Gasteiger partial charge in [0.05, 0.1) is 5.56 Å². The molecule has 1 unspecified atom stereocenters. The summed E-state index contributed by atoms with van der Waals surface area (Å²) in [7, 11) is 0. The highest BCUT2D eigenvalue weighted by Gasteiger charge is 2.22. The van der Waals surface area contributed by atoms with Crippen LogP contribution in [0.1, 0.15) is 15.9 Å². The molecule has 0 aliphatic carbocycles. The number of carboxylic acids is 1. The molecule has 2 N–H and O–H groups in total. The summed E-state index contributed by atoms with van der Waals surface area (Å²) in [5.41, 5.74) is 2.58. The van der Waals surface area contributed by atoms with Crippen molar-refractivity contribution in [3.05, 3.63) is 84.1 Å². The summed E-state index contributed by atoms with van der Waals surface area (Å²) in [5.74, 6) is -0.987. The Hall–Kier alpha value is -3.12. The van der Waals surface area contributed by atoms with Crippen molar-refractivity contribution in [3.8, 4) is 11.1 Å². The molecule has 2 aromatic carbocycles. The Morgan fingerprint density at radius 3 is 2.33 bits per heavy atom. The van der Waals surface area contributed by atoms with Gasteiger partial charge in [0.25, 0.3) is 0 Å². The number of carbonyl (C=O) groups excluding carboxylic acids is 1. The highest BCUT2D eigenvalue weighted by Crippen LogP contribution is 2.27. The van der Waals surface area contributed by atoms with Gasteiger partial charge in [0.15, 0.2) is 5.78 Å². The number of aromatic nitrogens is 1. The molecule has 0 radical (unpaired) electrons. The number of hydrogen-bond acceptors (Lipinski definition) is 5. The molecule has 1 aromatic heterocycles. The summed E-state index contributed by atoms with van der Waals surface area (Å²) >= 11 is 4.05. The van der Waals surface area contributed by atoms with Crippen LogP contribution in [0, 0.1) is 0 Å². The second-order valence-electron chi connectivity index (χ2n) is 5.86. The first kappa shape index (κ1) is 18.7. The van der Waals surface area contributed by atoms with E-state index in [1.54, 1.807) is 24.3 Å². The lowest BCUT2D eigenvalue weighted by Gasteiger charge is -2.16. The van der Waals surface area contributed by atoms with Crippen LogP contribution in [0.3, 0.4) is 0 Å². The van der Waals surface area contributed by atoms with Crippen LogP contribution in [0.5, 0.6) is 0 Å². The van der Waals surface area contributed by atoms with E-state index < -0.39 is 12.0 Å². The van der Waals surface area contributed by atoms with Crippen molar-refractivity contribution in [2.45, 2.75) is 6.04 Å². The zero-order valence-corrected chi connectivity index (χ0v) is 15.3. The van der Waals surface area contributed by atoms with Gasteiger partial charge in [-0.15, -0.1) is 0 Å². The average molecular weight is 378 g/mol. The Balaban J connectivity index is 2.02. The largest absolute Gasteiger partial charge is 0.480 e. The van der Waals surface area contributed by atoms with Gasteiger partial charge in [-0.05, 0) is 23.3 Å². The molecule has 0 aliphatic rings. The van der Waals surface area contributed by atoms with Crippen molar-refractivity contribution in [2.24, 2.45) is 0 Å². The molecule has 0 saturated heterocycles. The van der Waals surface area contributed by atoms with Crippen LogP contribution in [-0.4, -0.2) is 33.6 Å². The quantitative estimate of drug-likeness (QED) is 0.431. The van der Waals surface area contributed by atoms with Gasteiger partial charge in [0, 0.05) is 17.5 Å². The molecule has 0 fully saturated rings. The number of carbonyl (C=O) groups is 2. The number of nitrogens with one attached hydrogen (secondary N) is 1. The second-order valence-corrected chi connectivity index (χ2v) is 6.22. The van der Waals surface area contributed by atoms with Crippen LogP contribution < -0.4 is 5.32 Å². The molecule has 0 bridgehead atoms. The molecule has 27 heavy (non-hydrogen) atoms. The Bertz CT molecular complexity index is 960. The third kappa shape index (κ3) is 4.17. The van der Waals surface area contributed by atoms with Gasteiger partial charge < -0.3 is 10.4 Å². The number of anilines is 1. The van der Waals surface area contributed by atoms with Crippen LogP contribution >= 0.6 is 12.6 Å². The van der Waals surface area contributed by atoms with Gasteiger partial charge in [0.2, 0.25) is 0 Å². The molecular formula is C21H18N2O3S. The van der Waals surface area contributed by atoms with Gasteiger partial charge in [-0.2, -0.15) is 12.6 Å². The van der Waals surface area contributed by atoms with E-state index in [9.17, 15) is 14.7 Å². The number of pyridine rings is 1. The first-order valence-electron chi connectivity index (χ1n) is 8.36. The SMILES string of the molecule is O=C(c1ccccc1-c1ccccc1)c1cccnc1NC(CS)C(=O)O. The van der Waals surface area contributed by atoms with E-state index in [1.165, 1.54) is 6.20 Å². The Morgan fingerprint density at radius 1 is 0.963 bits per heavy atom. The Morgan fingerprint density at radius 2 is 1.63 bits per heavy atom. The molecule has 0 aliphatic heterocycles. The number of hydrogen-bond donors (Lipinski definition) is 3. The lowest BCUT2D eigenvalue weighted by Crippen LogP contribution is -2.32. The molecule has 3 rings (SSSR count). The van der Waals surface area contributed by atoms with Crippen LogP contribution in [0.4, 0.5) is 5.82 Å². The molecule has 5 nitrogen and oxygen atoms in total. The highest BCUT2D eigenvalue weighted by atomic mass is 32.1. The monoisotopic (exact) mass is 378 g/mol. The first-order valence-corrected chi connectivity index (χ1v) is 8.99. The van der Waals surface area contributed by atoms with Crippen molar-refractivity contribution in [1.82, 2.24) is 4.98 Å². The van der Waals surface area contributed by atoms with Crippen molar-refractivity contribution in [2.75, 3.05) is 11.1 Å². The minimum atomic E-state index is -1.06. The lowest BCUT2D eigenvalue weighted by atomic mass is 9.94. The van der Waals surface area contributed by atoms with Gasteiger partial charge in [0.1, 0.15) is 11.9 Å². The van der Waals surface area contributed by atoms with E-state index in [-0.39, 0.29) is 17.4 Å². The van der Waals surface area contributed by atoms with Crippen molar-refractivity contribution in [3.63, 3.8) is 0 Å². The molecule has 1 atom stereocenters. The van der Waals surface area contributed by atoms with Gasteiger partial charge in [-0.25, -0.2) is 9.78 Å². The summed E-state index contributed by atoms with van der Waals surface area (Å²) in [5, 5.41) is 12.0. The number of benzene rings is 2. The lowest BCUT2D eigenvalue weighted by molar-refractivity contribution is -0.137. The molecular weight excluding hydrogens is 360 g/mol. The predicted octanol–water partition coefficient (Wildman–Crippen LogP) is 3.77. The summed E-state index contributed by atoms with van der Waals surface area (Å²) in [6, 6.07) is 19.3. The van der Waals surface area contributed by atoms with E-state index in [2.05, 4.69) is 22.9 Å². The van der Waals surface area contributed by atoms with Crippen molar-refractivity contribution >= 4 is 30.2 Å². The fourth-order valence-corrected chi connectivity index (χ4v) is 3.00. The Kier molecular flexibility index (Phi) is 5.88. The standard InChI is InChI=1S/C21H18N2O3S/c24-19(16-10-5-4-9-15(16)14-7-2-1-3-8-14)17-11-6-12-22-20(17)23-18(13-27)21(25)26/h1-12,18,27H,13H2,(H,22,23)(H,25,26). The summed E-state index contributed by atoms with van der Waals surface area (Å²) in [4.78, 5) is 28.7. The minimum Gasteiger partial charge on any atom is -0.480 e. The first-order chi connectivity index (χ1) is 13.1. The van der Waals surface area contributed by atoms with Crippen LogP contribution in [0.25, 0.3) is 11.1 Å². The van der Waals surface area contributed by atoms with Crippen LogP contribution in [-0.2, 0) is 4.79 Å². The smallest absolute Gasteiger partial charge is 0.327 e. The molecule has 3 aromatic rings. The summed E-state index contributed by atoms with van der Waals surface area (Å²) in [6.45, 7) is 0. The maximum atomic E-state index is 13.3. The van der Waals surface area contributed by atoms with Gasteiger partial charge >= 0.3 is 5.97 Å². The van der Waals surface area contributed by atoms with Gasteiger partial charge in [-0.1, -0.05) is 54.6 Å². The molecule has 0 saturated carbocycles. The van der Waals surface area contributed by atoms with E-state index in [1.807, 2.05) is 42.5 Å². The third-order valence-corrected chi connectivity index (χ3v) is 4.47. The molecule has 1 heterocycles. The Labute approximate surface area is 162 Å². The van der Waals surface area contributed by atoms with E-state index in [4.69, 9.17) is 0 Å². The predicted molar refractivity (Wildman–Crippen MR) is 108 cm³/mol. The fourth-order valence-electron chi connectivity index (χ4n) is 2.75. The number of ketones is 1. The number of rotatable bonds is 7. The summed E-state index contributed by atoms with van der Waals surface area (Å²) < 4.78 is 0. The molecule has 136 valence electrons. The van der Waals surface area contributed by atoms with E-state index >= 15 is 0 Å². The molecule has 0 amide bonds. The van der Waals surface area contributed by atoms with E-state index in [0.717, 1.165) is 11.1 Å². The minimum absolute atomic E-state index is 0.0696. The molecule has 0 spiro atoms. The normalized spacial score (nSPS) is 11.6. The van der Waals surface area contributed by atoms with Crippen molar-refractivity contribution in [1.29, 1.82) is 0 Å². The third-order valence-electron chi connectivity index (χ3n) is 4.10. The second kappa shape index (κ2) is 8.51. The van der Waals surface area contributed by atoms with Crippen molar-refractivity contribution < 1.29 is 14.7 Å². The number of aliphatic carboxylic acids is 1. The molecule has 6 heteroatoms. The summed E-state index contributed by atoms with van der Waals surface area (Å²) in [6.07, 6.45) is 1.51. The van der Waals surface area contributed by atoms with E-state index in [0.29, 0.717) is 11.1 Å². The highest BCUT2D eigenvalue weighted by molar-refractivity contribution is 7.80. The van der Waals surface area contributed by atoms with Gasteiger partial charge in [-0.3, -0.25) is 4.79 Å². The zero-order chi connectivity index (χ0) is 19.2.